The third kappa shape index (κ3) is 3.09. The number of ether oxygens (including phenoxy) is 1. The van der Waals surface area contributed by atoms with Crippen LogP contribution in [0.3, 0.4) is 0 Å². The lowest BCUT2D eigenvalue weighted by Gasteiger charge is -2.16. The molecule has 1 aromatic rings. The van der Waals surface area contributed by atoms with Gasteiger partial charge in [-0.15, -0.1) is 0 Å². The van der Waals surface area contributed by atoms with Gasteiger partial charge in [-0.2, -0.15) is 18.4 Å². The molecule has 1 rings (SSSR count). The Hall–Kier alpha value is -1.84. The van der Waals surface area contributed by atoms with E-state index in [1.54, 1.807) is 6.07 Å². The monoisotopic (exact) mass is 217 g/mol. The van der Waals surface area contributed by atoms with Crippen LogP contribution in [-0.2, 0) is 0 Å². The van der Waals surface area contributed by atoms with E-state index in [1.807, 2.05) is 0 Å². The summed E-state index contributed by atoms with van der Waals surface area (Å²) < 4.78 is 40.7. The van der Waals surface area contributed by atoms with E-state index in [-0.39, 0.29) is 11.6 Å². The van der Waals surface area contributed by atoms with Gasteiger partial charge in [-0.1, -0.05) is 0 Å². The molecule has 4 nitrogen and oxygen atoms in total. The van der Waals surface area contributed by atoms with Gasteiger partial charge in [0.05, 0.1) is 0 Å². The van der Waals surface area contributed by atoms with Crippen LogP contribution in [0.4, 0.5) is 13.2 Å². The van der Waals surface area contributed by atoms with Gasteiger partial charge in [0, 0.05) is 6.07 Å². The molecule has 0 radical (unpaired) electrons. The number of nitriles is 1. The Morgan fingerprint density at radius 1 is 1.47 bits per heavy atom. The molecule has 80 valence electrons. The third-order valence-electron chi connectivity index (χ3n) is 1.52. The van der Waals surface area contributed by atoms with Gasteiger partial charge in [0.25, 0.3) is 0 Å². The van der Waals surface area contributed by atoms with E-state index >= 15 is 0 Å². The average Bonchev–Trinajstić information content (AvgIpc) is 2.16. The minimum atomic E-state index is -4.46. The first-order valence-corrected chi connectivity index (χ1v) is 3.89. The lowest BCUT2D eigenvalue weighted by atomic mass is 10.4. The Bertz CT molecular complexity index is 385. The van der Waals surface area contributed by atoms with Gasteiger partial charge >= 0.3 is 6.18 Å². The van der Waals surface area contributed by atoms with Crippen LogP contribution < -0.4 is 4.74 Å². The fourth-order valence-corrected chi connectivity index (χ4v) is 0.713. The minimum absolute atomic E-state index is 0.0469. The van der Waals surface area contributed by atoms with Crippen molar-refractivity contribution in [2.75, 3.05) is 0 Å². The van der Waals surface area contributed by atoms with Gasteiger partial charge in [0.1, 0.15) is 18.1 Å². The lowest BCUT2D eigenvalue weighted by molar-refractivity contribution is -0.190. The Morgan fingerprint density at radius 3 is 2.67 bits per heavy atom. The second-order valence-corrected chi connectivity index (χ2v) is 2.65. The zero-order chi connectivity index (χ0) is 11.5. The highest BCUT2D eigenvalue weighted by Gasteiger charge is 2.38. The molecule has 1 unspecified atom stereocenters. The molecule has 0 aliphatic rings. The van der Waals surface area contributed by atoms with Crippen molar-refractivity contribution in [3.05, 3.63) is 18.1 Å². The van der Waals surface area contributed by atoms with E-state index in [9.17, 15) is 13.2 Å². The van der Waals surface area contributed by atoms with E-state index in [2.05, 4.69) is 14.7 Å². The number of rotatable bonds is 2. The predicted molar refractivity (Wildman–Crippen MR) is 42.9 cm³/mol. The van der Waals surface area contributed by atoms with Crippen molar-refractivity contribution in [3.8, 4) is 11.9 Å². The molecule has 0 aliphatic heterocycles. The summed E-state index contributed by atoms with van der Waals surface area (Å²) in [6, 6.07) is 2.71. The second kappa shape index (κ2) is 4.13. The van der Waals surface area contributed by atoms with Crippen molar-refractivity contribution in [2.24, 2.45) is 0 Å². The first-order chi connectivity index (χ1) is 6.93. The maximum absolute atomic E-state index is 12.1. The molecule has 0 aromatic carbocycles. The summed E-state index contributed by atoms with van der Waals surface area (Å²) in [4.78, 5) is 6.95. The highest BCUT2D eigenvalue weighted by molar-refractivity contribution is 5.24. The summed E-state index contributed by atoms with van der Waals surface area (Å²) >= 11 is 0. The fourth-order valence-electron chi connectivity index (χ4n) is 0.713. The maximum Gasteiger partial charge on any atom is 0.425 e. The number of alkyl halides is 3. The van der Waals surface area contributed by atoms with Crippen molar-refractivity contribution in [2.45, 2.75) is 19.2 Å². The van der Waals surface area contributed by atoms with Gasteiger partial charge in [-0.3, -0.25) is 0 Å². The van der Waals surface area contributed by atoms with Crippen LogP contribution in [0.15, 0.2) is 12.4 Å². The van der Waals surface area contributed by atoms with E-state index in [1.165, 1.54) is 0 Å². The summed E-state index contributed by atoms with van der Waals surface area (Å²) in [6.45, 7) is 0.855. The topological polar surface area (TPSA) is 58.8 Å². The van der Waals surface area contributed by atoms with Crippen LogP contribution in [0, 0.1) is 11.3 Å². The first kappa shape index (κ1) is 11.2. The molecule has 0 bridgehead atoms. The van der Waals surface area contributed by atoms with Crippen LogP contribution >= 0.6 is 0 Å². The number of hydrogen-bond acceptors (Lipinski definition) is 4. The molecule has 0 N–H and O–H groups in total. The van der Waals surface area contributed by atoms with Crippen LogP contribution in [0.25, 0.3) is 0 Å². The largest absolute Gasteiger partial charge is 0.465 e. The molecule has 0 saturated carbocycles. The standard InChI is InChI=1S/C8H6F3N3O/c1-5(8(9,10)11)15-7-2-6(3-12)13-4-14-7/h2,4-5H,1H3. The Balaban J connectivity index is 2.78. The van der Waals surface area contributed by atoms with Crippen molar-refractivity contribution in [1.29, 1.82) is 5.26 Å². The molecule has 0 saturated heterocycles. The normalized spacial score (nSPS) is 13.0. The van der Waals surface area contributed by atoms with Crippen molar-refractivity contribution >= 4 is 0 Å². The SMILES string of the molecule is CC(Oc1cc(C#N)ncn1)C(F)(F)F. The first-order valence-electron chi connectivity index (χ1n) is 3.89. The van der Waals surface area contributed by atoms with Crippen molar-refractivity contribution in [1.82, 2.24) is 9.97 Å². The van der Waals surface area contributed by atoms with E-state index in [0.29, 0.717) is 0 Å². The quantitative estimate of drug-likeness (QED) is 0.756. The van der Waals surface area contributed by atoms with E-state index in [4.69, 9.17) is 5.26 Å². The highest BCUT2D eigenvalue weighted by atomic mass is 19.4. The Morgan fingerprint density at radius 2 is 2.13 bits per heavy atom. The smallest absolute Gasteiger partial charge is 0.425 e. The van der Waals surface area contributed by atoms with Gasteiger partial charge in [0.2, 0.25) is 5.88 Å². The van der Waals surface area contributed by atoms with Crippen LogP contribution in [0.5, 0.6) is 5.88 Å². The van der Waals surface area contributed by atoms with E-state index in [0.717, 1.165) is 19.3 Å². The maximum atomic E-state index is 12.1. The summed E-state index contributed by atoms with van der Waals surface area (Å²) in [5, 5.41) is 8.44. The zero-order valence-corrected chi connectivity index (χ0v) is 7.62. The number of aromatic nitrogens is 2. The average molecular weight is 217 g/mol. The summed E-state index contributed by atoms with van der Waals surface area (Å²) in [5.74, 6) is -0.272. The molecule has 1 heterocycles. The van der Waals surface area contributed by atoms with Gasteiger partial charge in [0.15, 0.2) is 6.10 Å². The molecule has 1 aromatic heterocycles. The molecular weight excluding hydrogens is 211 g/mol. The Kier molecular flexibility index (Phi) is 3.09. The Labute approximate surface area is 83.3 Å². The molecule has 0 aliphatic carbocycles. The minimum Gasteiger partial charge on any atom is -0.465 e. The molecule has 7 heteroatoms. The predicted octanol–water partition coefficient (Wildman–Crippen LogP) is 1.68. The van der Waals surface area contributed by atoms with Gasteiger partial charge < -0.3 is 4.74 Å². The molecule has 15 heavy (non-hydrogen) atoms. The van der Waals surface area contributed by atoms with Crippen LogP contribution in [-0.4, -0.2) is 22.2 Å². The van der Waals surface area contributed by atoms with Crippen LogP contribution in [0.2, 0.25) is 0 Å². The lowest BCUT2D eigenvalue weighted by Crippen LogP contribution is -2.31. The zero-order valence-electron chi connectivity index (χ0n) is 7.62. The van der Waals surface area contributed by atoms with E-state index < -0.39 is 12.3 Å². The van der Waals surface area contributed by atoms with Gasteiger partial charge in [-0.25, -0.2) is 9.97 Å². The van der Waals surface area contributed by atoms with Gasteiger partial charge in [-0.05, 0) is 6.92 Å². The van der Waals surface area contributed by atoms with Crippen molar-refractivity contribution in [3.63, 3.8) is 0 Å². The fraction of sp³-hybridized carbons (Fsp3) is 0.375. The van der Waals surface area contributed by atoms with Crippen LogP contribution in [0.1, 0.15) is 12.6 Å². The molecule has 1 atom stereocenters. The summed E-state index contributed by atoms with van der Waals surface area (Å²) in [7, 11) is 0. The number of halogens is 3. The second-order valence-electron chi connectivity index (χ2n) is 2.65. The molecule has 0 fully saturated rings. The summed E-state index contributed by atoms with van der Waals surface area (Å²) in [5.41, 5.74) is -0.0469. The highest BCUT2D eigenvalue weighted by Crippen LogP contribution is 2.23. The molecule has 0 spiro atoms. The summed E-state index contributed by atoms with van der Waals surface area (Å²) in [6.07, 6.45) is -5.46. The molecular formula is C8H6F3N3O. The third-order valence-corrected chi connectivity index (χ3v) is 1.52. The molecule has 0 amide bonds. The number of hydrogen-bond donors (Lipinski definition) is 0. The van der Waals surface area contributed by atoms with Crippen molar-refractivity contribution < 1.29 is 17.9 Å². The number of nitrogens with zero attached hydrogens (tertiary/aromatic N) is 3.